The average molecular weight is 219 g/mol. The quantitative estimate of drug-likeness (QED) is 0.579. The number of rotatable bonds is 3. The van der Waals surface area contributed by atoms with E-state index in [1.165, 1.54) is 6.07 Å². The summed E-state index contributed by atoms with van der Waals surface area (Å²) in [5, 5.41) is 8.63. The van der Waals surface area contributed by atoms with Crippen LogP contribution in [-0.2, 0) is 9.53 Å². The van der Waals surface area contributed by atoms with E-state index in [4.69, 9.17) is 5.26 Å². The Morgan fingerprint density at radius 3 is 3.00 bits per heavy atom. The van der Waals surface area contributed by atoms with Crippen molar-refractivity contribution >= 4 is 12.0 Å². The number of carbonyl (C=O) groups is 1. The number of ether oxygens (including phenoxy) is 1. The van der Waals surface area contributed by atoms with Gasteiger partial charge in [-0.2, -0.15) is 9.65 Å². The second kappa shape index (κ2) is 5.66. The first-order valence-electron chi connectivity index (χ1n) is 4.72. The Bertz CT molecular complexity index is 460. The van der Waals surface area contributed by atoms with Crippen molar-refractivity contribution in [3.05, 3.63) is 41.2 Å². The molecule has 0 radical (unpaired) electrons. The van der Waals surface area contributed by atoms with Gasteiger partial charge in [0.2, 0.25) is 5.83 Å². The number of esters is 1. The largest absolute Gasteiger partial charge is 0.461 e. The Balaban J connectivity index is 2.90. The summed E-state index contributed by atoms with van der Waals surface area (Å²) in [6.45, 7) is 1.72. The van der Waals surface area contributed by atoms with E-state index in [2.05, 4.69) is 4.74 Å². The fraction of sp³-hybridized carbons (Fsp3) is 0.167. The van der Waals surface area contributed by atoms with Crippen LogP contribution >= 0.6 is 0 Å². The molecule has 0 aromatic heterocycles. The summed E-state index contributed by atoms with van der Waals surface area (Å²) in [6.07, 6.45) is 1.04. The monoisotopic (exact) mass is 219 g/mol. The van der Waals surface area contributed by atoms with E-state index < -0.39 is 11.8 Å². The van der Waals surface area contributed by atoms with Crippen LogP contribution in [0.15, 0.2) is 30.1 Å². The molecule has 1 rings (SSSR count). The highest BCUT2D eigenvalue weighted by atomic mass is 19.1. The first kappa shape index (κ1) is 11.9. The minimum Gasteiger partial charge on any atom is -0.461 e. The zero-order valence-corrected chi connectivity index (χ0v) is 8.74. The predicted octanol–water partition coefficient (Wildman–Crippen LogP) is 2.43. The van der Waals surface area contributed by atoms with Crippen molar-refractivity contribution < 1.29 is 13.9 Å². The maximum atomic E-state index is 13.2. The molecule has 0 aliphatic heterocycles. The summed E-state index contributed by atoms with van der Waals surface area (Å²) in [5.74, 6) is -1.97. The minimum atomic E-state index is -0.995. The standard InChI is InChI=1S/C12H10FNO2/c1-2-16-12(15)11(13)7-9-4-3-5-10(6-9)8-14/h3-7H,2H2,1H3. The highest BCUT2D eigenvalue weighted by molar-refractivity contribution is 5.91. The van der Waals surface area contributed by atoms with Crippen molar-refractivity contribution in [1.82, 2.24) is 0 Å². The molecule has 0 atom stereocenters. The summed E-state index contributed by atoms with van der Waals surface area (Å²) in [6, 6.07) is 8.22. The second-order valence-corrected chi connectivity index (χ2v) is 2.95. The van der Waals surface area contributed by atoms with E-state index in [1.807, 2.05) is 6.07 Å². The first-order chi connectivity index (χ1) is 7.67. The van der Waals surface area contributed by atoms with Gasteiger partial charge in [-0.25, -0.2) is 4.79 Å². The SMILES string of the molecule is CCOC(=O)C(F)=Cc1cccc(C#N)c1. The Hall–Kier alpha value is -2.15. The Labute approximate surface area is 92.8 Å². The molecule has 0 amide bonds. The molecule has 0 bridgehead atoms. The van der Waals surface area contributed by atoms with E-state index in [1.54, 1.807) is 25.1 Å². The first-order valence-corrected chi connectivity index (χ1v) is 4.72. The minimum absolute atomic E-state index is 0.123. The van der Waals surface area contributed by atoms with Gasteiger partial charge in [0, 0.05) is 0 Å². The summed E-state index contributed by atoms with van der Waals surface area (Å²) in [4.78, 5) is 11.0. The van der Waals surface area contributed by atoms with E-state index in [0.717, 1.165) is 6.08 Å². The molecule has 0 spiro atoms. The Morgan fingerprint density at radius 2 is 2.38 bits per heavy atom. The van der Waals surface area contributed by atoms with Crippen LogP contribution in [0.1, 0.15) is 18.1 Å². The van der Waals surface area contributed by atoms with Crippen molar-refractivity contribution in [1.29, 1.82) is 5.26 Å². The van der Waals surface area contributed by atoms with Crippen LogP contribution in [0.4, 0.5) is 4.39 Å². The summed E-state index contributed by atoms with van der Waals surface area (Å²) >= 11 is 0. The van der Waals surface area contributed by atoms with E-state index >= 15 is 0 Å². The maximum absolute atomic E-state index is 13.2. The molecule has 4 heteroatoms. The molecule has 0 N–H and O–H groups in total. The van der Waals surface area contributed by atoms with Crippen LogP contribution in [0.2, 0.25) is 0 Å². The lowest BCUT2D eigenvalue weighted by Crippen LogP contribution is -2.03. The van der Waals surface area contributed by atoms with Crippen LogP contribution < -0.4 is 0 Å². The third-order valence-electron chi connectivity index (χ3n) is 1.78. The van der Waals surface area contributed by atoms with Gasteiger partial charge in [-0.3, -0.25) is 0 Å². The van der Waals surface area contributed by atoms with Gasteiger partial charge in [-0.05, 0) is 30.7 Å². The molecule has 82 valence electrons. The lowest BCUT2D eigenvalue weighted by Gasteiger charge is -1.98. The third kappa shape index (κ3) is 3.21. The van der Waals surface area contributed by atoms with Gasteiger partial charge in [-0.1, -0.05) is 12.1 Å². The Kier molecular flexibility index (Phi) is 4.22. The van der Waals surface area contributed by atoms with Crippen molar-refractivity contribution in [2.75, 3.05) is 6.61 Å². The molecule has 0 heterocycles. The highest BCUT2D eigenvalue weighted by Crippen LogP contribution is 2.11. The van der Waals surface area contributed by atoms with Crippen LogP contribution in [0.5, 0.6) is 0 Å². The smallest absolute Gasteiger partial charge is 0.367 e. The third-order valence-corrected chi connectivity index (χ3v) is 1.78. The summed E-state index contributed by atoms with van der Waals surface area (Å²) < 4.78 is 17.7. The van der Waals surface area contributed by atoms with Crippen LogP contribution in [-0.4, -0.2) is 12.6 Å². The zero-order valence-electron chi connectivity index (χ0n) is 8.74. The number of nitriles is 1. The average Bonchev–Trinajstić information content (AvgIpc) is 2.29. The molecule has 0 aliphatic carbocycles. The predicted molar refractivity (Wildman–Crippen MR) is 56.9 cm³/mol. The van der Waals surface area contributed by atoms with Gasteiger partial charge < -0.3 is 4.74 Å². The van der Waals surface area contributed by atoms with Gasteiger partial charge in [-0.15, -0.1) is 0 Å². The van der Waals surface area contributed by atoms with Gasteiger partial charge in [0.1, 0.15) is 0 Å². The molecule has 0 saturated heterocycles. The van der Waals surface area contributed by atoms with Crippen molar-refractivity contribution in [2.24, 2.45) is 0 Å². The molecule has 16 heavy (non-hydrogen) atoms. The number of hydrogen-bond donors (Lipinski definition) is 0. The number of hydrogen-bond acceptors (Lipinski definition) is 3. The van der Waals surface area contributed by atoms with E-state index in [9.17, 15) is 9.18 Å². The molecule has 1 aromatic carbocycles. The van der Waals surface area contributed by atoms with Gasteiger partial charge in [0.05, 0.1) is 18.2 Å². The normalized spacial score (nSPS) is 10.7. The summed E-state index contributed by atoms with van der Waals surface area (Å²) in [7, 11) is 0. The Morgan fingerprint density at radius 1 is 1.62 bits per heavy atom. The van der Waals surface area contributed by atoms with Crippen molar-refractivity contribution in [3.63, 3.8) is 0 Å². The summed E-state index contributed by atoms with van der Waals surface area (Å²) in [5.41, 5.74) is 0.856. The number of halogens is 1. The number of carbonyl (C=O) groups excluding carboxylic acids is 1. The van der Waals surface area contributed by atoms with E-state index in [-0.39, 0.29) is 6.61 Å². The highest BCUT2D eigenvalue weighted by Gasteiger charge is 2.09. The van der Waals surface area contributed by atoms with Gasteiger partial charge in [0.25, 0.3) is 0 Å². The molecule has 3 nitrogen and oxygen atoms in total. The zero-order chi connectivity index (χ0) is 12.0. The molecule has 0 unspecified atom stereocenters. The number of nitrogens with zero attached hydrogens (tertiary/aromatic N) is 1. The molecular formula is C12H10FNO2. The fourth-order valence-corrected chi connectivity index (χ4v) is 1.10. The lowest BCUT2D eigenvalue weighted by molar-refractivity contribution is -0.140. The molecular weight excluding hydrogens is 209 g/mol. The van der Waals surface area contributed by atoms with E-state index in [0.29, 0.717) is 11.1 Å². The van der Waals surface area contributed by atoms with Crippen LogP contribution in [0.3, 0.4) is 0 Å². The van der Waals surface area contributed by atoms with Crippen LogP contribution in [0.25, 0.3) is 6.08 Å². The van der Waals surface area contributed by atoms with Crippen LogP contribution in [0, 0.1) is 11.3 Å². The molecule has 0 fully saturated rings. The molecule has 0 saturated carbocycles. The topological polar surface area (TPSA) is 50.1 Å². The maximum Gasteiger partial charge on any atom is 0.367 e. The lowest BCUT2D eigenvalue weighted by atomic mass is 10.1. The fourth-order valence-electron chi connectivity index (χ4n) is 1.10. The molecule has 0 aliphatic rings. The number of benzene rings is 1. The second-order valence-electron chi connectivity index (χ2n) is 2.95. The van der Waals surface area contributed by atoms with Crippen molar-refractivity contribution in [3.8, 4) is 6.07 Å². The van der Waals surface area contributed by atoms with Gasteiger partial charge in [0.15, 0.2) is 0 Å². The molecule has 1 aromatic rings. The van der Waals surface area contributed by atoms with Crippen molar-refractivity contribution in [2.45, 2.75) is 6.92 Å². The van der Waals surface area contributed by atoms with Gasteiger partial charge >= 0.3 is 5.97 Å².